The number of hydrogen-bond donors (Lipinski definition) is 1. The highest BCUT2D eigenvalue weighted by Gasteiger charge is 2.13. The van der Waals surface area contributed by atoms with Gasteiger partial charge >= 0.3 is 0 Å². The maximum atomic E-state index is 13.2. The van der Waals surface area contributed by atoms with Gasteiger partial charge in [0.15, 0.2) is 0 Å². The van der Waals surface area contributed by atoms with Gasteiger partial charge in [0.1, 0.15) is 5.82 Å². The predicted octanol–water partition coefficient (Wildman–Crippen LogP) is 4.37. The summed E-state index contributed by atoms with van der Waals surface area (Å²) in [6.07, 6.45) is 0.716. The van der Waals surface area contributed by atoms with Crippen molar-refractivity contribution in [2.45, 2.75) is 38.6 Å². The zero-order valence-corrected chi connectivity index (χ0v) is 12.4. The molecule has 20 heavy (non-hydrogen) atoms. The van der Waals surface area contributed by atoms with Gasteiger partial charge in [0.25, 0.3) is 0 Å². The average molecular weight is 271 g/mol. The largest absolute Gasteiger partial charge is 0.324 e. The molecule has 0 spiro atoms. The molecule has 0 saturated heterocycles. The molecule has 2 heteroatoms. The summed E-state index contributed by atoms with van der Waals surface area (Å²) in [4.78, 5) is 0. The molecule has 0 heterocycles. The minimum Gasteiger partial charge on any atom is -0.324 e. The smallest absolute Gasteiger partial charge is 0.123 e. The van der Waals surface area contributed by atoms with Gasteiger partial charge in [-0.1, -0.05) is 57.2 Å². The van der Waals surface area contributed by atoms with E-state index in [9.17, 15) is 4.39 Å². The Morgan fingerprint density at radius 2 is 1.70 bits per heavy atom. The number of nitrogens with two attached hydrogens (primary N) is 1. The molecule has 1 unspecified atom stereocenters. The Morgan fingerprint density at radius 1 is 1.05 bits per heavy atom. The van der Waals surface area contributed by atoms with Crippen molar-refractivity contribution in [2.24, 2.45) is 5.73 Å². The second-order valence-electron chi connectivity index (χ2n) is 6.31. The second kappa shape index (κ2) is 5.76. The lowest BCUT2D eigenvalue weighted by Crippen LogP contribution is -2.14. The van der Waals surface area contributed by atoms with Crippen LogP contribution in [0.5, 0.6) is 0 Å². The number of halogens is 1. The van der Waals surface area contributed by atoms with Crippen LogP contribution >= 0.6 is 0 Å². The summed E-state index contributed by atoms with van der Waals surface area (Å²) in [6.45, 7) is 6.58. The highest BCUT2D eigenvalue weighted by Crippen LogP contribution is 2.23. The van der Waals surface area contributed by atoms with E-state index in [1.807, 2.05) is 6.07 Å². The normalized spacial score (nSPS) is 13.2. The minimum atomic E-state index is -0.235. The van der Waals surface area contributed by atoms with Crippen LogP contribution in [-0.4, -0.2) is 0 Å². The van der Waals surface area contributed by atoms with Crippen LogP contribution in [0.4, 0.5) is 4.39 Å². The van der Waals surface area contributed by atoms with Crippen molar-refractivity contribution in [1.82, 2.24) is 0 Å². The first-order valence-electron chi connectivity index (χ1n) is 6.97. The van der Waals surface area contributed by atoms with Gasteiger partial charge in [0.2, 0.25) is 0 Å². The fourth-order valence-electron chi connectivity index (χ4n) is 2.25. The van der Waals surface area contributed by atoms with Crippen molar-refractivity contribution >= 4 is 0 Å². The quantitative estimate of drug-likeness (QED) is 0.881. The highest BCUT2D eigenvalue weighted by atomic mass is 19.1. The highest BCUT2D eigenvalue weighted by molar-refractivity contribution is 5.29. The summed E-state index contributed by atoms with van der Waals surface area (Å²) < 4.78 is 13.2. The van der Waals surface area contributed by atoms with Crippen molar-refractivity contribution in [3.63, 3.8) is 0 Å². The molecule has 106 valence electrons. The lowest BCUT2D eigenvalue weighted by Gasteiger charge is -2.19. The first kappa shape index (κ1) is 14.7. The summed E-state index contributed by atoms with van der Waals surface area (Å²) in [5, 5.41) is 0. The first-order chi connectivity index (χ1) is 9.36. The number of benzene rings is 2. The predicted molar refractivity (Wildman–Crippen MR) is 82.2 cm³/mol. The van der Waals surface area contributed by atoms with Gasteiger partial charge in [-0.3, -0.25) is 0 Å². The van der Waals surface area contributed by atoms with Gasteiger partial charge < -0.3 is 5.73 Å². The van der Waals surface area contributed by atoms with Crippen molar-refractivity contribution in [1.29, 1.82) is 0 Å². The lowest BCUT2D eigenvalue weighted by molar-refractivity contribution is 0.589. The molecular formula is C18H22FN. The Balaban J connectivity index is 2.10. The SMILES string of the molecule is CC(C)(C)c1ccc(CC(N)c2cccc(F)c2)cc1. The summed E-state index contributed by atoms with van der Waals surface area (Å²) in [5.41, 5.74) is 9.63. The van der Waals surface area contributed by atoms with Crippen LogP contribution in [0.3, 0.4) is 0 Å². The number of hydrogen-bond acceptors (Lipinski definition) is 1. The van der Waals surface area contributed by atoms with Crippen LogP contribution in [0, 0.1) is 5.82 Å². The van der Waals surface area contributed by atoms with Crippen molar-refractivity contribution in [3.05, 3.63) is 71.0 Å². The third kappa shape index (κ3) is 3.67. The molecule has 1 atom stereocenters. The van der Waals surface area contributed by atoms with E-state index in [0.29, 0.717) is 6.42 Å². The summed E-state index contributed by atoms with van der Waals surface area (Å²) in [6, 6.07) is 14.9. The molecule has 0 aliphatic heterocycles. The van der Waals surface area contributed by atoms with E-state index in [4.69, 9.17) is 5.73 Å². The summed E-state index contributed by atoms with van der Waals surface area (Å²) >= 11 is 0. The molecule has 2 N–H and O–H groups in total. The van der Waals surface area contributed by atoms with Crippen LogP contribution < -0.4 is 5.73 Å². The molecule has 2 aromatic carbocycles. The Labute approximate surface area is 120 Å². The van der Waals surface area contributed by atoms with E-state index in [1.165, 1.54) is 23.3 Å². The number of rotatable bonds is 3. The fourth-order valence-corrected chi connectivity index (χ4v) is 2.25. The van der Waals surface area contributed by atoms with E-state index in [1.54, 1.807) is 6.07 Å². The minimum absolute atomic E-state index is 0.156. The molecule has 0 saturated carbocycles. The van der Waals surface area contributed by atoms with Crippen molar-refractivity contribution < 1.29 is 4.39 Å². The zero-order valence-electron chi connectivity index (χ0n) is 12.4. The van der Waals surface area contributed by atoms with Gasteiger partial charge in [0, 0.05) is 6.04 Å². The Morgan fingerprint density at radius 3 is 2.25 bits per heavy atom. The van der Waals surface area contributed by atoms with Crippen LogP contribution in [0.15, 0.2) is 48.5 Å². The monoisotopic (exact) mass is 271 g/mol. The third-order valence-corrected chi connectivity index (χ3v) is 3.55. The molecule has 0 fully saturated rings. The van der Waals surface area contributed by atoms with Gasteiger partial charge in [-0.2, -0.15) is 0 Å². The lowest BCUT2D eigenvalue weighted by atomic mass is 9.86. The van der Waals surface area contributed by atoms with Gasteiger partial charge in [-0.25, -0.2) is 4.39 Å². The van der Waals surface area contributed by atoms with Crippen LogP contribution in [0.1, 0.15) is 43.5 Å². The van der Waals surface area contributed by atoms with Gasteiger partial charge in [-0.05, 0) is 40.7 Å². The van der Waals surface area contributed by atoms with E-state index in [-0.39, 0.29) is 17.3 Å². The Bertz CT molecular complexity index is 567. The topological polar surface area (TPSA) is 26.0 Å². The molecule has 2 aromatic rings. The molecule has 0 aliphatic carbocycles. The van der Waals surface area contributed by atoms with Crippen LogP contribution in [-0.2, 0) is 11.8 Å². The molecule has 0 aromatic heterocycles. The zero-order chi connectivity index (χ0) is 14.8. The van der Waals surface area contributed by atoms with E-state index in [0.717, 1.165) is 5.56 Å². The molecule has 0 bridgehead atoms. The van der Waals surface area contributed by atoms with Crippen LogP contribution in [0.2, 0.25) is 0 Å². The molecule has 0 radical (unpaired) electrons. The molecule has 2 rings (SSSR count). The summed E-state index contributed by atoms with van der Waals surface area (Å²) in [7, 11) is 0. The second-order valence-corrected chi connectivity index (χ2v) is 6.31. The Hall–Kier alpha value is -1.67. The third-order valence-electron chi connectivity index (χ3n) is 3.55. The molecular weight excluding hydrogens is 249 g/mol. The average Bonchev–Trinajstić information content (AvgIpc) is 2.38. The van der Waals surface area contributed by atoms with Crippen molar-refractivity contribution in [2.75, 3.05) is 0 Å². The standard InChI is InChI=1S/C18H22FN/c1-18(2,3)15-9-7-13(8-10-15)11-17(20)14-5-4-6-16(19)12-14/h4-10,12,17H,11,20H2,1-3H3. The Kier molecular flexibility index (Phi) is 4.24. The van der Waals surface area contributed by atoms with E-state index >= 15 is 0 Å². The first-order valence-corrected chi connectivity index (χ1v) is 6.97. The molecule has 1 nitrogen and oxygen atoms in total. The van der Waals surface area contributed by atoms with Crippen molar-refractivity contribution in [3.8, 4) is 0 Å². The maximum Gasteiger partial charge on any atom is 0.123 e. The van der Waals surface area contributed by atoms with E-state index in [2.05, 4.69) is 45.0 Å². The molecule has 0 aliphatic rings. The van der Waals surface area contributed by atoms with Gasteiger partial charge in [0.05, 0.1) is 0 Å². The maximum absolute atomic E-state index is 13.2. The fraction of sp³-hybridized carbons (Fsp3) is 0.333. The van der Waals surface area contributed by atoms with E-state index < -0.39 is 0 Å². The van der Waals surface area contributed by atoms with Gasteiger partial charge in [-0.15, -0.1) is 0 Å². The summed E-state index contributed by atoms with van der Waals surface area (Å²) in [5.74, 6) is -0.235. The molecule has 0 amide bonds. The van der Waals surface area contributed by atoms with Crippen LogP contribution in [0.25, 0.3) is 0 Å².